The van der Waals surface area contributed by atoms with Crippen molar-refractivity contribution in [3.63, 3.8) is 0 Å². The number of cyclic esters (lactones) is 1. The summed E-state index contributed by atoms with van der Waals surface area (Å²) < 4.78 is 75.8. The fraction of sp³-hybridized carbons (Fsp3) is 0.667. The molecular weight excluding hydrogens is 1780 g/mol. The van der Waals surface area contributed by atoms with Gasteiger partial charge in [0, 0.05) is 84.5 Å². The average Bonchev–Trinajstić information content (AvgIpc) is 1.74. The summed E-state index contributed by atoms with van der Waals surface area (Å²) in [4.78, 5) is 236. The highest BCUT2D eigenvalue weighted by Gasteiger charge is 2.46. The first-order valence-corrected chi connectivity index (χ1v) is 48.0. The monoisotopic (exact) mass is 1920 g/mol. The predicted molar refractivity (Wildman–Crippen MR) is 483 cm³/mol. The lowest BCUT2D eigenvalue weighted by Crippen LogP contribution is -2.59. The zero-order chi connectivity index (χ0) is 99.0. The Morgan fingerprint density at radius 1 is 0.617 bits per heavy atom. The fourth-order valence-electron chi connectivity index (χ4n) is 15.4. The van der Waals surface area contributed by atoms with Gasteiger partial charge in [-0.15, -0.1) is 0 Å². The third-order valence-electron chi connectivity index (χ3n) is 22.6. The van der Waals surface area contributed by atoms with Gasteiger partial charge in [0.25, 0.3) is 11.8 Å². The first-order valence-electron chi connectivity index (χ1n) is 44.7. The molecule has 0 aromatic heterocycles. The molecule has 1 unspecified atom stereocenters. The van der Waals surface area contributed by atoms with Crippen molar-refractivity contribution in [3.05, 3.63) is 77.9 Å². The minimum atomic E-state index is -5.02. The minimum Gasteiger partial charge on any atom is -0.464 e. The summed E-state index contributed by atoms with van der Waals surface area (Å²) in [6.07, 6.45) is -1.57. The topological polar surface area (TPSA) is 593 Å². The second-order valence-electron chi connectivity index (χ2n) is 34.1. The van der Waals surface area contributed by atoms with Crippen molar-refractivity contribution in [2.45, 2.75) is 219 Å². The highest BCUT2D eigenvalue weighted by Crippen LogP contribution is 2.50. The van der Waals surface area contributed by atoms with E-state index in [2.05, 4.69) is 53.2 Å². The summed E-state index contributed by atoms with van der Waals surface area (Å²) in [5.41, 5.74) is 6.22. The Morgan fingerprint density at radius 2 is 1.23 bits per heavy atom. The van der Waals surface area contributed by atoms with Gasteiger partial charge in [-0.05, 0) is 93.6 Å². The van der Waals surface area contributed by atoms with E-state index in [1.54, 1.807) is 74.9 Å². The number of urea groups is 1. The SMILES string of the molecule is CC[C@H](C)[C@@H]([C@@H](CC(=O)N1CCC[C@H]1[C@H](OC)[C@@H](C)C(=O)N[C@H](C)[C@@H](OP(=O)(O)OCc1ccc(NC(=O)[C@H](CCCNC(N)=O)NC(=O)[C@@H](NC(=O)[C@H](CC(=O)N[C@H]2CCOC2=O)NC(=O)CCOCCOCCOCCOCCNC(=O)[C@H](CNC(=O)CCP(=O)(O)O)N2C(=O)C=CC2=O)C(C)C)cc1)c1ccccc1)OC)N(C)C(=O)[C@@H](NC(=O)[C@H](C(C)C)N(C)C)C(C)C. The Kier molecular flexibility index (Phi) is 48.9. The van der Waals surface area contributed by atoms with Gasteiger partial charge in [-0.2, -0.15) is 0 Å². The summed E-state index contributed by atoms with van der Waals surface area (Å²) in [5.74, 6) is -11.6. The number of methoxy groups -OCH3 is 2. The lowest BCUT2D eigenvalue weighted by molar-refractivity contribution is -0.148. The van der Waals surface area contributed by atoms with E-state index < -0.39 is 209 Å². The molecule has 746 valence electrons. The Morgan fingerprint density at radius 3 is 1.78 bits per heavy atom. The summed E-state index contributed by atoms with van der Waals surface area (Å²) >= 11 is 0. The number of phosphoric acid groups is 1. The van der Waals surface area contributed by atoms with Gasteiger partial charge in [0.2, 0.25) is 65.0 Å². The van der Waals surface area contributed by atoms with Gasteiger partial charge < -0.3 is 117 Å². The molecule has 3 aliphatic rings. The van der Waals surface area contributed by atoms with E-state index in [1.807, 2.05) is 60.5 Å². The van der Waals surface area contributed by atoms with Crippen molar-refractivity contribution in [3.8, 4) is 0 Å². The summed E-state index contributed by atoms with van der Waals surface area (Å²) in [5, 5.41) is 26.2. The molecule has 0 spiro atoms. The molecule has 0 aliphatic carbocycles. The van der Waals surface area contributed by atoms with Crippen LogP contribution in [-0.2, 0) is 125 Å². The largest absolute Gasteiger partial charge is 0.473 e. The minimum absolute atomic E-state index is 0.0144. The van der Waals surface area contributed by atoms with Gasteiger partial charge >= 0.3 is 27.4 Å². The molecule has 0 radical (unpaired) electrons. The van der Waals surface area contributed by atoms with Crippen molar-refractivity contribution >= 4 is 110 Å². The van der Waals surface area contributed by atoms with Crippen molar-refractivity contribution in [1.82, 2.24) is 67.5 Å². The number of nitrogens with zero attached hydrogens (tertiary/aromatic N) is 4. The lowest BCUT2D eigenvalue weighted by atomic mass is 9.89. The van der Waals surface area contributed by atoms with Crippen LogP contribution in [0.5, 0.6) is 0 Å². The van der Waals surface area contributed by atoms with Gasteiger partial charge in [0.1, 0.15) is 42.4 Å². The van der Waals surface area contributed by atoms with E-state index in [1.165, 1.54) is 38.5 Å². The number of esters is 1. The van der Waals surface area contributed by atoms with E-state index in [0.717, 1.165) is 12.2 Å². The van der Waals surface area contributed by atoms with E-state index >= 15 is 0 Å². The first kappa shape index (κ1) is 114. The zero-order valence-electron chi connectivity index (χ0n) is 78.6. The third-order valence-corrected chi connectivity index (χ3v) is 24.4. The molecule has 44 nitrogen and oxygen atoms in total. The van der Waals surface area contributed by atoms with Crippen LogP contribution in [0, 0.1) is 29.6 Å². The number of benzene rings is 2. The van der Waals surface area contributed by atoms with Crippen LogP contribution in [0.4, 0.5) is 10.5 Å². The molecule has 16 atom stereocenters. The predicted octanol–water partition coefficient (Wildman–Crippen LogP) is 1.08. The number of hydrogen-bond donors (Lipinski definition) is 14. The van der Waals surface area contributed by atoms with Gasteiger partial charge in [-0.1, -0.05) is 111 Å². The van der Waals surface area contributed by atoms with E-state index in [0.29, 0.717) is 41.8 Å². The van der Waals surface area contributed by atoms with E-state index in [-0.39, 0.29) is 146 Å². The average molecular weight is 1920 g/mol. The maximum atomic E-state index is 14.7. The van der Waals surface area contributed by atoms with Crippen molar-refractivity contribution in [1.29, 1.82) is 0 Å². The van der Waals surface area contributed by atoms with E-state index in [4.69, 9.17) is 57.7 Å². The number of carbonyl (C=O) groups excluding carboxylic acids is 15. The number of nitrogens with two attached hydrogens (primary N) is 1. The van der Waals surface area contributed by atoms with Crippen LogP contribution < -0.4 is 58.9 Å². The molecule has 2 saturated heterocycles. The Balaban J connectivity index is 1.14. The zero-order valence-corrected chi connectivity index (χ0v) is 80.4. The molecule has 15 amide bonds. The number of carbonyl (C=O) groups is 15. The number of primary amides is 1. The molecule has 0 bridgehead atoms. The van der Waals surface area contributed by atoms with Crippen molar-refractivity contribution in [2.75, 3.05) is 132 Å². The lowest BCUT2D eigenvalue weighted by Gasteiger charge is -2.41. The maximum Gasteiger partial charge on any atom is 0.473 e. The van der Waals surface area contributed by atoms with Crippen LogP contribution in [0.25, 0.3) is 0 Å². The maximum absolute atomic E-state index is 14.7. The van der Waals surface area contributed by atoms with Crippen LogP contribution >= 0.6 is 15.4 Å². The van der Waals surface area contributed by atoms with Crippen LogP contribution in [-0.4, -0.2) is 323 Å². The summed E-state index contributed by atoms with van der Waals surface area (Å²) in [7, 11) is -1.25. The second-order valence-corrected chi connectivity index (χ2v) is 37.3. The Hall–Kier alpha value is -9.79. The number of nitrogens with one attached hydrogen (secondary N) is 10. The van der Waals surface area contributed by atoms with E-state index in [9.17, 15) is 85.9 Å². The molecule has 3 aliphatic heterocycles. The highest BCUT2D eigenvalue weighted by atomic mass is 31.2. The fourth-order valence-corrected chi connectivity index (χ4v) is 16.9. The smallest absolute Gasteiger partial charge is 0.464 e. The van der Waals surface area contributed by atoms with Gasteiger partial charge in [0.15, 0.2) is 0 Å². The first-order chi connectivity index (χ1) is 62.8. The number of likely N-dealkylation sites (tertiary alicyclic amines) is 1. The summed E-state index contributed by atoms with van der Waals surface area (Å²) in [6, 6.07) is 2.98. The molecule has 0 saturated carbocycles. The molecule has 2 aromatic carbocycles. The quantitative estimate of drug-likeness (QED) is 0.0191. The van der Waals surface area contributed by atoms with Crippen molar-refractivity contribution < 1.29 is 138 Å². The van der Waals surface area contributed by atoms with Crippen LogP contribution in [0.1, 0.15) is 151 Å². The molecule has 3 heterocycles. The number of imide groups is 1. The number of likely N-dealkylation sites (N-methyl/N-ethyl adjacent to an activating group) is 2. The molecular formula is C87H139N15O29P2. The standard InChI is InChI=1S/C87H139N15O29P2/c1-16-55(8)76(100(13)85(115)74(53(4)5)98-84(114)75(54(6)7)99(11)12)66(123-14)49-72(108)101-37-21-25-64(101)77(124-15)56(9)79(109)92-57(10)78(59-22-18-17-19-23-59)131-133(121,122)130-51-58-26-28-60(29-27-58)93-80(110)61(24-20-35-90-87(88)117)96-83(113)73(52(2)3)97-81(111)63(48-69(105)94-62-32-39-129-86(62)116)95-68(104)33-38-125-41-43-127-45-46-128-44-42-126-40-36-89-82(112)65(102-70(106)30-31-71(102)107)50-91-67(103)34-47-132(118,119)120/h17-19,22-23,26-31,52-57,61-66,73-78H,16,20-21,24-25,32-51H2,1-15H3,(H,89,112)(H,91,103)(H,92,109)(H,93,110)(H,94,105)(H,95,104)(H,96,113)(H,97,111)(H,98,114)(H,121,122)(H3,88,90,117)(H2,118,119,120)/t55-,56+,57+,61-,62-,63-,64-,65-,66+,73-,74-,75-,76-,77+,78+/m0/s1. The summed E-state index contributed by atoms with van der Waals surface area (Å²) in [6.45, 7) is 17.6. The number of rotatable bonds is 62. The van der Waals surface area contributed by atoms with Gasteiger partial charge in [-0.25, -0.2) is 14.2 Å². The molecule has 2 aromatic rings. The number of phosphoric ester groups is 1. The Bertz CT molecular complexity index is 4270. The second kappa shape index (κ2) is 57.2. The molecule has 2 fully saturated rings. The van der Waals surface area contributed by atoms with Crippen LogP contribution in [0.3, 0.4) is 0 Å². The normalized spacial score (nSPS) is 17.9. The number of ether oxygens (including phenoxy) is 7. The number of hydrogen-bond acceptors (Lipinski definition) is 27. The molecule has 15 N–H and O–H groups in total. The molecule has 133 heavy (non-hydrogen) atoms. The number of anilines is 1. The highest BCUT2D eigenvalue weighted by molar-refractivity contribution is 7.51. The van der Waals surface area contributed by atoms with Crippen LogP contribution in [0.2, 0.25) is 0 Å². The number of amides is 15. The van der Waals surface area contributed by atoms with Gasteiger partial charge in [-0.3, -0.25) is 85.7 Å². The van der Waals surface area contributed by atoms with Gasteiger partial charge in [0.05, 0.1) is 127 Å². The molecule has 5 rings (SSSR count). The van der Waals surface area contributed by atoms with Crippen molar-refractivity contribution in [2.24, 2.45) is 35.3 Å². The third kappa shape index (κ3) is 38.5. The van der Waals surface area contributed by atoms with Crippen LogP contribution in [0.15, 0.2) is 66.7 Å². The molecule has 46 heteroatoms. The Labute approximate surface area is 776 Å².